The standard InChI is InChI=1S/C27H26N2O3/c1-17-5-8-20(9-6-17)16-29-26(30)24(23-14-7-18(2)15-19(23)3)25(27(29)31)28-21-10-12-22(32-4)13-11-21/h5-15,28H,16H2,1-4H3. The highest BCUT2D eigenvalue weighted by Crippen LogP contribution is 2.33. The summed E-state index contributed by atoms with van der Waals surface area (Å²) in [7, 11) is 1.60. The molecule has 0 unspecified atom stereocenters. The van der Waals surface area contributed by atoms with E-state index in [9.17, 15) is 9.59 Å². The molecule has 1 heterocycles. The predicted molar refractivity (Wildman–Crippen MR) is 126 cm³/mol. The van der Waals surface area contributed by atoms with Crippen LogP contribution < -0.4 is 10.1 Å². The molecule has 32 heavy (non-hydrogen) atoms. The lowest BCUT2D eigenvalue weighted by Gasteiger charge is -2.16. The van der Waals surface area contributed by atoms with Gasteiger partial charge in [-0.3, -0.25) is 14.5 Å². The van der Waals surface area contributed by atoms with Crippen LogP contribution in [0.5, 0.6) is 5.75 Å². The van der Waals surface area contributed by atoms with Crippen molar-refractivity contribution in [3.63, 3.8) is 0 Å². The number of aryl methyl sites for hydroxylation is 3. The Kier molecular flexibility index (Phi) is 5.82. The maximum atomic E-state index is 13.5. The Morgan fingerprint density at radius 2 is 1.47 bits per heavy atom. The van der Waals surface area contributed by atoms with Gasteiger partial charge >= 0.3 is 0 Å². The molecule has 3 aromatic carbocycles. The maximum absolute atomic E-state index is 13.5. The van der Waals surface area contributed by atoms with Crippen LogP contribution in [0.4, 0.5) is 5.69 Å². The lowest BCUT2D eigenvalue weighted by atomic mass is 9.97. The first-order chi connectivity index (χ1) is 15.4. The van der Waals surface area contributed by atoms with Crippen molar-refractivity contribution >= 4 is 23.1 Å². The second kappa shape index (κ2) is 8.71. The smallest absolute Gasteiger partial charge is 0.278 e. The molecule has 1 N–H and O–H groups in total. The van der Waals surface area contributed by atoms with Crippen LogP contribution in [0.25, 0.3) is 5.57 Å². The van der Waals surface area contributed by atoms with Crippen molar-refractivity contribution in [1.82, 2.24) is 4.90 Å². The van der Waals surface area contributed by atoms with Crippen molar-refractivity contribution in [1.29, 1.82) is 0 Å². The summed E-state index contributed by atoms with van der Waals surface area (Å²) >= 11 is 0. The zero-order valence-electron chi connectivity index (χ0n) is 18.7. The van der Waals surface area contributed by atoms with Gasteiger partial charge in [0.25, 0.3) is 11.8 Å². The monoisotopic (exact) mass is 426 g/mol. The van der Waals surface area contributed by atoms with Crippen molar-refractivity contribution in [2.24, 2.45) is 0 Å². The molecule has 0 aliphatic carbocycles. The van der Waals surface area contributed by atoms with Crippen molar-refractivity contribution in [3.05, 3.63) is 100 Å². The molecule has 0 fully saturated rings. The Balaban J connectivity index is 1.75. The first-order valence-electron chi connectivity index (χ1n) is 10.5. The van der Waals surface area contributed by atoms with Gasteiger partial charge in [0, 0.05) is 5.69 Å². The normalized spacial score (nSPS) is 13.7. The van der Waals surface area contributed by atoms with Gasteiger partial charge in [0.2, 0.25) is 0 Å². The number of nitrogens with zero attached hydrogens (tertiary/aromatic N) is 1. The summed E-state index contributed by atoms with van der Waals surface area (Å²) in [5.41, 5.74) is 6.25. The van der Waals surface area contributed by atoms with Crippen LogP contribution >= 0.6 is 0 Å². The molecule has 5 nitrogen and oxygen atoms in total. The molecule has 162 valence electrons. The topological polar surface area (TPSA) is 58.6 Å². The van der Waals surface area contributed by atoms with Crippen LogP contribution in [-0.4, -0.2) is 23.8 Å². The fourth-order valence-corrected chi connectivity index (χ4v) is 3.87. The molecular formula is C27H26N2O3. The number of nitrogens with one attached hydrogen (secondary N) is 1. The molecule has 1 aliphatic heterocycles. The van der Waals surface area contributed by atoms with Gasteiger partial charge in [0.15, 0.2) is 0 Å². The van der Waals surface area contributed by atoms with Crippen LogP contribution in [0.1, 0.15) is 27.8 Å². The van der Waals surface area contributed by atoms with E-state index in [1.165, 1.54) is 4.90 Å². The molecule has 5 heteroatoms. The highest BCUT2D eigenvalue weighted by Gasteiger charge is 2.39. The van der Waals surface area contributed by atoms with Crippen molar-refractivity contribution in [3.8, 4) is 5.75 Å². The molecule has 1 aliphatic rings. The summed E-state index contributed by atoms with van der Waals surface area (Å²) in [5, 5.41) is 3.20. The number of rotatable bonds is 6. The number of amides is 2. The Labute approximate surface area is 188 Å². The van der Waals surface area contributed by atoms with E-state index < -0.39 is 0 Å². The molecule has 4 rings (SSSR count). The average Bonchev–Trinajstić information content (AvgIpc) is 3.00. The van der Waals surface area contributed by atoms with Crippen molar-refractivity contribution < 1.29 is 14.3 Å². The first kappa shape index (κ1) is 21.4. The van der Waals surface area contributed by atoms with Crippen LogP contribution in [0.15, 0.2) is 72.4 Å². The maximum Gasteiger partial charge on any atom is 0.278 e. The van der Waals surface area contributed by atoms with E-state index in [4.69, 9.17) is 4.74 Å². The SMILES string of the molecule is COc1ccc(NC2=C(c3ccc(C)cc3C)C(=O)N(Cc3ccc(C)cc3)C2=O)cc1. The Morgan fingerprint density at radius 3 is 2.09 bits per heavy atom. The van der Waals surface area contributed by atoms with Crippen LogP contribution in [0, 0.1) is 20.8 Å². The molecule has 0 saturated carbocycles. The van der Waals surface area contributed by atoms with Crippen LogP contribution in [0.3, 0.4) is 0 Å². The number of benzene rings is 3. The second-order valence-electron chi connectivity index (χ2n) is 8.10. The fourth-order valence-electron chi connectivity index (χ4n) is 3.87. The molecule has 0 aromatic heterocycles. The molecule has 0 saturated heterocycles. The van der Waals surface area contributed by atoms with Gasteiger partial charge in [0.1, 0.15) is 11.4 Å². The molecule has 2 amide bonds. The molecule has 0 radical (unpaired) electrons. The molecule has 3 aromatic rings. The van der Waals surface area contributed by atoms with Gasteiger partial charge in [0.05, 0.1) is 19.2 Å². The minimum atomic E-state index is -0.332. The summed E-state index contributed by atoms with van der Waals surface area (Å²) < 4.78 is 5.22. The van der Waals surface area contributed by atoms with Crippen molar-refractivity contribution in [2.75, 3.05) is 12.4 Å². The van der Waals surface area contributed by atoms with Crippen LogP contribution in [0.2, 0.25) is 0 Å². The third-order valence-corrected chi connectivity index (χ3v) is 5.64. The summed E-state index contributed by atoms with van der Waals surface area (Å²) in [5.74, 6) is 0.0915. The Bertz CT molecular complexity index is 1210. The number of hydrogen-bond donors (Lipinski definition) is 1. The molecule has 0 atom stereocenters. The van der Waals surface area contributed by atoms with Crippen LogP contribution in [-0.2, 0) is 16.1 Å². The summed E-state index contributed by atoms with van der Waals surface area (Å²) in [4.78, 5) is 28.3. The Hall–Kier alpha value is -3.86. The number of carbonyl (C=O) groups excluding carboxylic acids is 2. The van der Waals surface area contributed by atoms with E-state index in [1.807, 2.05) is 87.5 Å². The van der Waals surface area contributed by atoms with Gasteiger partial charge in [-0.2, -0.15) is 0 Å². The van der Waals surface area contributed by atoms with E-state index in [-0.39, 0.29) is 18.4 Å². The quantitative estimate of drug-likeness (QED) is 0.563. The minimum absolute atomic E-state index is 0.222. The zero-order chi connectivity index (χ0) is 22.8. The fraction of sp³-hybridized carbons (Fsp3) is 0.185. The third-order valence-electron chi connectivity index (χ3n) is 5.64. The van der Waals surface area contributed by atoms with Gasteiger partial charge in [-0.25, -0.2) is 0 Å². The van der Waals surface area contributed by atoms with E-state index in [0.29, 0.717) is 22.7 Å². The second-order valence-corrected chi connectivity index (χ2v) is 8.10. The summed E-state index contributed by atoms with van der Waals surface area (Å²) in [6.45, 7) is 6.19. The summed E-state index contributed by atoms with van der Waals surface area (Å²) in [6, 6.07) is 21.0. The van der Waals surface area contributed by atoms with E-state index in [2.05, 4.69) is 5.32 Å². The number of carbonyl (C=O) groups is 2. The molecule has 0 bridgehead atoms. The average molecular weight is 427 g/mol. The van der Waals surface area contributed by atoms with E-state index in [1.54, 1.807) is 7.11 Å². The van der Waals surface area contributed by atoms with Gasteiger partial charge < -0.3 is 10.1 Å². The lowest BCUT2D eigenvalue weighted by Crippen LogP contribution is -2.32. The number of hydrogen-bond acceptors (Lipinski definition) is 4. The van der Waals surface area contributed by atoms with Gasteiger partial charge in [-0.1, -0.05) is 53.6 Å². The predicted octanol–water partition coefficient (Wildman–Crippen LogP) is 5.01. The molecular weight excluding hydrogens is 400 g/mol. The highest BCUT2D eigenvalue weighted by atomic mass is 16.5. The number of methoxy groups -OCH3 is 1. The third kappa shape index (κ3) is 4.14. The van der Waals surface area contributed by atoms with Crippen molar-refractivity contribution in [2.45, 2.75) is 27.3 Å². The molecule has 0 spiro atoms. The number of imide groups is 1. The number of ether oxygens (including phenoxy) is 1. The summed E-state index contributed by atoms with van der Waals surface area (Å²) in [6.07, 6.45) is 0. The number of anilines is 1. The Morgan fingerprint density at radius 1 is 0.812 bits per heavy atom. The van der Waals surface area contributed by atoms with E-state index >= 15 is 0 Å². The highest BCUT2D eigenvalue weighted by molar-refractivity contribution is 6.36. The van der Waals surface area contributed by atoms with Gasteiger partial charge in [-0.05, 0) is 61.7 Å². The zero-order valence-corrected chi connectivity index (χ0v) is 18.7. The van der Waals surface area contributed by atoms with E-state index in [0.717, 1.165) is 27.8 Å². The van der Waals surface area contributed by atoms with Gasteiger partial charge in [-0.15, -0.1) is 0 Å². The minimum Gasteiger partial charge on any atom is -0.497 e. The lowest BCUT2D eigenvalue weighted by molar-refractivity contribution is -0.137. The largest absolute Gasteiger partial charge is 0.497 e. The first-order valence-corrected chi connectivity index (χ1v) is 10.5.